The molecule has 0 spiro atoms. The largest absolute Gasteiger partial charge is 0.496 e. The lowest BCUT2D eigenvalue weighted by Gasteiger charge is -2.12. The van der Waals surface area contributed by atoms with Gasteiger partial charge in [-0.05, 0) is 36.3 Å². The molecule has 122 valence electrons. The number of halogens is 1. The Morgan fingerprint density at radius 2 is 1.62 bits per heavy atom. The van der Waals surface area contributed by atoms with Crippen molar-refractivity contribution in [3.63, 3.8) is 0 Å². The number of benzene rings is 2. The van der Waals surface area contributed by atoms with Gasteiger partial charge in [0.05, 0.1) is 24.8 Å². The standard InChI is InChI=1S/C19H16FNO3/c1-24-17-9-5-2-6-13(17)10-11-14(20)12-21-18(22)15-7-3-4-8-16(15)19(21)23/h2-9,11H,10,12H2,1H3/b14-11-. The molecule has 3 rings (SSSR count). The zero-order chi connectivity index (χ0) is 17.1. The molecular weight excluding hydrogens is 309 g/mol. The summed E-state index contributed by atoms with van der Waals surface area (Å²) in [5.41, 5.74) is 1.47. The maximum absolute atomic E-state index is 14.2. The molecule has 2 aromatic carbocycles. The first-order chi connectivity index (χ1) is 11.6. The molecule has 1 aliphatic rings. The molecule has 0 unspecified atom stereocenters. The summed E-state index contributed by atoms with van der Waals surface area (Å²) in [6.07, 6.45) is 1.68. The Labute approximate surface area is 139 Å². The first kappa shape index (κ1) is 15.9. The van der Waals surface area contributed by atoms with E-state index in [1.807, 2.05) is 18.2 Å². The number of ether oxygens (including phenoxy) is 1. The van der Waals surface area contributed by atoms with E-state index in [0.29, 0.717) is 23.3 Å². The molecule has 0 radical (unpaired) electrons. The van der Waals surface area contributed by atoms with Gasteiger partial charge in [-0.3, -0.25) is 14.5 Å². The van der Waals surface area contributed by atoms with Gasteiger partial charge in [-0.25, -0.2) is 4.39 Å². The number of para-hydroxylation sites is 1. The van der Waals surface area contributed by atoms with Gasteiger partial charge in [-0.2, -0.15) is 0 Å². The van der Waals surface area contributed by atoms with Crippen molar-refractivity contribution in [3.05, 3.63) is 77.1 Å². The van der Waals surface area contributed by atoms with E-state index in [-0.39, 0.29) is 6.54 Å². The molecule has 1 aliphatic heterocycles. The highest BCUT2D eigenvalue weighted by Gasteiger charge is 2.35. The molecule has 0 saturated heterocycles. The van der Waals surface area contributed by atoms with E-state index in [9.17, 15) is 14.0 Å². The van der Waals surface area contributed by atoms with Gasteiger partial charge in [0.2, 0.25) is 0 Å². The predicted octanol–water partition coefficient (Wildman–Crippen LogP) is 3.39. The summed E-state index contributed by atoms with van der Waals surface area (Å²) in [5, 5.41) is 0. The molecule has 0 fully saturated rings. The third kappa shape index (κ3) is 2.93. The first-order valence-corrected chi connectivity index (χ1v) is 7.53. The number of hydrogen-bond acceptors (Lipinski definition) is 3. The SMILES string of the molecule is COc1ccccc1C/C=C(\F)CN1C(=O)c2ccccc2C1=O. The fourth-order valence-electron chi connectivity index (χ4n) is 2.69. The van der Waals surface area contributed by atoms with Crippen molar-refractivity contribution in [2.24, 2.45) is 0 Å². The van der Waals surface area contributed by atoms with Crippen molar-refractivity contribution in [2.75, 3.05) is 13.7 Å². The zero-order valence-electron chi connectivity index (χ0n) is 13.2. The number of nitrogens with zero attached hydrogens (tertiary/aromatic N) is 1. The lowest BCUT2D eigenvalue weighted by molar-refractivity contribution is 0.0660. The molecule has 0 aromatic heterocycles. The van der Waals surface area contributed by atoms with Crippen molar-refractivity contribution in [1.29, 1.82) is 0 Å². The van der Waals surface area contributed by atoms with E-state index in [0.717, 1.165) is 10.5 Å². The number of imide groups is 1. The second-order valence-corrected chi connectivity index (χ2v) is 5.41. The molecule has 2 aromatic rings. The smallest absolute Gasteiger partial charge is 0.261 e. The summed E-state index contributed by atoms with van der Waals surface area (Å²) in [6.45, 7) is -0.360. The Bertz CT molecular complexity index is 794. The molecule has 5 heteroatoms. The molecule has 0 atom stereocenters. The number of carbonyl (C=O) groups is 2. The van der Waals surface area contributed by atoms with E-state index in [1.54, 1.807) is 37.4 Å². The van der Waals surface area contributed by atoms with E-state index in [4.69, 9.17) is 4.74 Å². The molecule has 0 bridgehead atoms. The molecule has 0 N–H and O–H groups in total. The van der Waals surface area contributed by atoms with E-state index < -0.39 is 17.6 Å². The van der Waals surface area contributed by atoms with Crippen LogP contribution in [0.1, 0.15) is 26.3 Å². The normalized spacial score (nSPS) is 14.1. The number of fused-ring (bicyclic) bond motifs is 1. The van der Waals surface area contributed by atoms with Gasteiger partial charge in [0.1, 0.15) is 11.6 Å². The van der Waals surface area contributed by atoms with Crippen LogP contribution in [0, 0.1) is 0 Å². The van der Waals surface area contributed by atoms with Crippen molar-refractivity contribution in [3.8, 4) is 5.75 Å². The molecule has 24 heavy (non-hydrogen) atoms. The number of allylic oxidation sites excluding steroid dienone is 1. The Balaban J connectivity index is 1.73. The highest BCUT2D eigenvalue weighted by Crippen LogP contribution is 2.24. The van der Waals surface area contributed by atoms with E-state index in [2.05, 4.69) is 0 Å². The van der Waals surface area contributed by atoms with Crippen LogP contribution in [-0.4, -0.2) is 30.4 Å². The maximum atomic E-state index is 14.2. The lowest BCUT2D eigenvalue weighted by atomic mass is 10.1. The van der Waals surface area contributed by atoms with Crippen LogP contribution in [0.15, 0.2) is 60.4 Å². The third-order valence-electron chi connectivity index (χ3n) is 3.92. The molecule has 1 heterocycles. The summed E-state index contributed by atoms with van der Waals surface area (Å²) < 4.78 is 19.4. The number of carbonyl (C=O) groups excluding carboxylic acids is 2. The minimum absolute atomic E-state index is 0.318. The first-order valence-electron chi connectivity index (χ1n) is 7.53. The quantitative estimate of drug-likeness (QED) is 0.792. The van der Waals surface area contributed by atoms with Crippen LogP contribution >= 0.6 is 0 Å². The summed E-state index contributed by atoms with van der Waals surface area (Å²) >= 11 is 0. The molecule has 2 amide bonds. The van der Waals surface area contributed by atoms with Crippen LogP contribution in [0.2, 0.25) is 0 Å². The topological polar surface area (TPSA) is 46.6 Å². The molecule has 4 nitrogen and oxygen atoms in total. The Morgan fingerprint density at radius 3 is 2.25 bits per heavy atom. The van der Waals surface area contributed by atoms with E-state index >= 15 is 0 Å². The number of hydrogen-bond donors (Lipinski definition) is 0. The van der Waals surface area contributed by atoms with Crippen LogP contribution in [-0.2, 0) is 6.42 Å². The summed E-state index contributed by atoms with van der Waals surface area (Å²) in [6, 6.07) is 13.8. The van der Waals surface area contributed by atoms with Crippen LogP contribution in [0.5, 0.6) is 5.75 Å². The van der Waals surface area contributed by atoms with Gasteiger partial charge in [-0.15, -0.1) is 0 Å². The Kier molecular flexibility index (Phi) is 4.42. The lowest BCUT2D eigenvalue weighted by Crippen LogP contribution is -2.31. The summed E-state index contributed by atoms with van der Waals surface area (Å²) in [7, 11) is 1.55. The van der Waals surface area contributed by atoms with Crippen LogP contribution in [0.3, 0.4) is 0 Å². The second kappa shape index (κ2) is 6.66. The number of rotatable bonds is 5. The van der Waals surface area contributed by atoms with Gasteiger partial charge in [0.15, 0.2) is 0 Å². The van der Waals surface area contributed by atoms with E-state index in [1.165, 1.54) is 6.08 Å². The third-order valence-corrected chi connectivity index (χ3v) is 3.92. The molecular formula is C19H16FNO3. The Hall–Kier alpha value is -2.95. The second-order valence-electron chi connectivity index (χ2n) is 5.41. The van der Waals surface area contributed by atoms with Crippen molar-refractivity contribution in [1.82, 2.24) is 4.90 Å². The monoisotopic (exact) mass is 325 g/mol. The van der Waals surface area contributed by atoms with Gasteiger partial charge in [0, 0.05) is 0 Å². The average molecular weight is 325 g/mol. The number of amides is 2. The van der Waals surface area contributed by atoms with Crippen molar-refractivity contribution in [2.45, 2.75) is 6.42 Å². The maximum Gasteiger partial charge on any atom is 0.261 e. The Morgan fingerprint density at radius 1 is 1.04 bits per heavy atom. The minimum atomic E-state index is -0.532. The van der Waals surface area contributed by atoms with Crippen molar-refractivity contribution < 1.29 is 18.7 Å². The fourth-order valence-corrected chi connectivity index (χ4v) is 2.69. The van der Waals surface area contributed by atoms with Gasteiger partial charge >= 0.3 is 0 Å². The summed E-state index contributed by atoms with van der Waals surface area (Å²) in [4.78, 5) is 25.3. The van der Waals surface area contributed by atoms with Crippen LogP contribution in [0.4, 0.5) is 4.39 Å². The summed E-state index contributed by atoms with van der Waals surface area (Å²) in [5.74, 6) is -0.787. The average Bonchev–Trinajstić information content (AvgIpc) is 2.85. The predicted molar refractivity (Wildman–Crippen MR) is 87.7 cm³/mol. The van der Waals surface area contributed by atoms with Crippen LogP contribution in [0.25, 0.3) is 0 Å². The number of methoxy groups -OCH3 is 1. The highest BCUT2D eigenvalue weighted by molar-refractivity contribution is 6.21. The molecule has 0 aliphatic carbocycles. The highest BCUT2D eigenvalue weighted by atomic mass is 19.1. The van der Waals surface area contributed by atoms with Gasteiger partial charge in [0.25, 0.3) is 11.8 Å². The van der Waals surface area contributed by atoms with Crippen LogP contribution < -0.4 is 4.74 Å². The van der Waals surface area contributed by atoms with Gasteiger partial charge in [-0.1, -0.05) is 30.3 Å². The fraction of sp³-hybridized carbons (Fsp3) is 0.158. The van der Waals surface area contributed by atoms with Gasteiger partial charge < -0.3 is 4.74 Å². The zero-order valence-corrected chi connectivity index (χ0v) is 13.2. The van der Waals surface area contributed by atoms with Crippen molar-refractivity contribution >= 4 is 11.8 Å². The minimum Gasteiger partial charge on any atom is -0.496 e. The molecule has 0 saturated carbocycles.